The Morgan fingerprint density at radius 2 is 1.06 bits per heavy atom. The van der Waals surface area contributed by atoms with Crippen molar-refractivity contribution < 1.29 is 51.9 Å². The van der Waals surface area contributed by atoms with E-state index in [2.05, 4.69) is 47.3 Å². The number of unbranched alkanes of at least 4 members (excludes halogenated alkanes) is 3. The van der Waals surface area contributed by atoms with Gasteiger partial charge in [0.15, 0.2) is 60.9 Å². The minimum Gasteiger partial charge on any atom is -0.377 e. The number of primary amides is 1. The van der Waals surface area contributed by atoms with E-state index in [9.17, 15) is 51.9 Å². The maximum Gasteiger partial charge on any atom is 0.265 e. The molecule has 8 atom stereocenters. The number of benzene rings is 3. The minimum absolute atomic E-state index is 0.0334. The van der Waals surface area contributed by atoms with Crippen LogP contribution in [-0.4, -0.2) is 155 Å². The largest absolute Gasteiger partial charge is 0.377 e. The third-order valence-electron chi connectivity index (χ3n) is 11.8. The first kappa shape index (κ1) is 68.6. The van der Waals surface area contributed by atoms with Gasteiger partial charge in [-0.1, -0.05) is 80.8 Å². The number of fused-ring (bicyclic) bond motifs is 1. The van der Waals surface area contributed by atoms with Gasteiger partial charge in [0, 0.05) is 56.1 Å². The Morgan fingerprint density at radius 3 is 1.55 bits per heavy atom. The fourth-order valence-corrected chi connectivity index (χ4v) is 9.06. The summed E-state index contributed by atoms with van der Waals surface area (Å²) in [7, 11) is -0.620. The highest BCUT2D eigenvalue weighted by Crippen LogP contribution is 2.30. The predicted molar refractivity (Wildman–Crippen MR) is 308 cm³/mol. The lowest BCUT2D eigenvalue weighted by Crippen LogP contribution is -2.69. The summed E-state index contributed by atoms with van der Waals surface area (Å²) in [5.41, 5.74) is 33.2. The predicted octanol–water partition coefficient (Wildman–Crippen LogP) is -7.23. The Kier molecular flexibility index (Phi) is 27.2. The molecule has 3 aromatic rings. The molecule has 8 unspecified atom stereocenters. The summed E-state index contributed by atoms with van der Waals surface area (Å²) >= 11 is 0. The average Bonchev–Trinajstić information content (AvgIpc) is 2.48. The number of sulfonamides is 1. The molecule has 0 aliphatic rings. The van der Waals surface area contributed by atoms with Crippen molar-refractivity contribution in [1.82, 2.24) is 68.5 Å². The summed E-state index contributed by atoms with van der Waals surface area (Å²) in [4.78, 5) is 108. The van der Waals surface area contributed by atoms with Gasteiger partial charge in [0.2, 0.25) is 21.8 Å². The van der Waals surface area contributed by atoms with Crippen molar-refractivity contribution in [3.8, 4) is 0 Å². The van der Waals surface area contributed by atoms with Crippen molar-refractivity contribution in [1.29, 1.82) is 21.6 Å². The Bertz CT molecular complexity index is 2970. The lowest BCUT2D eigenvalue weighted by Gasteiger charge is -2.28. The number of hydrogen-bond acceptors (Lipinski definition) is 18. The van der Waals surface area contributed by atoms with Crippen LogP contribution < -0.4 is 108 Å². The summed E-state index contributed by atoms with van der Waals surface area (Å²) in [5.74, 6) is -13.1. The van der Waals surface area contributed by atoms with Crippen molar-refractivity contribution in [2.75, 3.05) is 32.1 Å². The molecule has 0 saturated heterocycles. The minimum atomic E-state index is -4.25. The van der Waals surface area contributed by atoms with Crippen LogP contribution in [0.3, 0.4) is 0 Å². The van der Waals surface area contributed by atoms with Crippen LogP contribution in [-0.2, 0) is 48.4 Å². The van der Waals surface area contributed by atoms with Gasteiger partial charge < -0.3 is 103 Å². The number of anilines is 1. The molecule has 84 heavy (non-hydrogen) atoms. The zero-order valence-corrected chi connectivity index (χ0v) is 47.0. The number of nitrogens with zero attached hydrogens (tertiary/aromatic N) is 1. The molecule has 0 aliphatic carbocycles. The molecule has 3 aromatic carbocycles. The number of nitrogens with two attached hydrogens (primary N) is 6. The van der Waals surface area contributed by atoms with Crippen molar-refractivity contribution in [3.05, 3.63) is 72.3 Å². The number of carbonyl (C=O) groups excluding carboxylic acids is 8. The first-order chi connectivity index (χ1) is 39.5. The maximum absolute atomic E-state index is 14.3. The Balaban J connectivity index is 1.89. The maximum atomic E-state index is 14.3. The van der Waals surface area contributed by atoms with Gasteiger partial charge in [-0.3, -0.25) is 65.3 Å². The molecule has 3 rings (SSSR count). The molecule has 0 heterocycles. The number of aliphatic hydroxyl groups is 1. The van der Waals surface area contributed by atoms with Gasteiger partial charge in [0.1, 0.15) is 6.04 Å². The second kappa shape index (κ2) is 33.3. The van der Waals surface area contributed by atoms with Gasteiger partial charge in [0.25, 0.3) is 35.4 Å². The van der Waals surface area contributed by atoms with Crippen molar-refractivity contribution in [2.45, 2.75) is 106 Å². The molecule has 36 heteroatoms. The number of carbonyl (C=O) groups is 8. The molecule has 0 radical (unpaired) electrons. The van der Waals surface area contributed by atoms with E-state index in [0.717, 1.165) is 24.9 Å². The highest BCUT2D eigenvalue weighted by atomic mass is 32.2. The van der Waals surface area contributed by atoms with Gasteiger partial charge in [-0.15, -0.1) is 0 Å². The van der Waals surface area contributed by atoms with Crippen LogP contribution in [0.5, 0.6) is 0 Å². The van der Waals surface area contributed by atoms with Crippen LogP contribution in [0.15, 0.2) is 71.6 Å². The van der Waals surface area contributed by atoms with E-state index in [0.29, 0.717) is 36.6 Å². The molecule has 8 amide bonds. The van der Waals surface area contributed by atoms with Crippen LogP contribution in [0, 0.1) is 21.6 Å². The monoisotopic (exact) mass is 1200 g/mol. The van der Waals surface area contributed by atoms with E-state index in [-0.39, 0.29) is 29.3 Å². The second-order valence-electron chi connectivity index (χ2n) is 18.7. The summed E-state index contributed by atoms with van der Waals surface area (Å²) < 4.78 is 30.6. The molecular weight excluding hydrogens is 1120 g/mol. The highest BCUT2D eigenvalue weighted by molar-refractivity contribution is 7.89. The summed E-state index contributed by atoms with van der Waals surface area (Å²) in [6, 6.07) is 14.7. The van der Waals surface area contributed by atoms with Gasteiger partial charge >= 0.3 is 0 Å². The molecule has 460 valence electrons. The lowest BCUT2D eigenvalue weighted by atomic mass is 10.1. The smallest absolute Gasteiger partial charge is 0.265 e. The lowest BCUT2D eigenvalue weighted by molar-refractivity contribution is -0.137. The fraction of sp³-hybridized carbons (Fsp3) is 0.417. The first-order valence-electron chi connectivity index (χ1n) is 25.8. The van der Waals surface area contributed by atoms with Gasteiger partial charge in [-0.2, -0.15) is 0 Å². The molecule has 35 nitrogen and oxygen atoms in total. The van der Waals surface area contributed by atoms with Crippen LogP contribution in [0.2, 0.25) is 0 Å². The third-order valence-corrected chi connectivity index (χ3v) is 13.3. The number of guanidine groups is 4. The SMILES string of the molecule is CCCCCC(=O)NCCCCC(CNS(=O)(=O)c1cccc2c(N(C)C)cccc12)NC(O)C(=O)NC(C(=O)NC(NC(=N)N)C(=O)NC(NC(=N)N)C(=O)NC(NC(=N)N)C(=O)NC(NC(=N)N)C(=O)NC(N)C(N)=O)c1ccccc1. The van der Waals surface area contributed by atoms with Crippen molar-refractivity contribution in [2.24, 2.45) is 34.4 Å². The Labute approximate surface area is 482 Å². The average molecular weight is 1200 g/mol. The van der Waals surface area contributed by atoms with E-state index in [4.69, 9.17) is 56.0 Å². The fourth-order valence-electron chi connectivity index (χ4n) is 7.76. The number of rotatable bonds is 34. The van der Waals surface area contributed by atoms with E-state index < -0.39 is 124 Å². The quantitative estimate of drug-likeness (QED) is 0.0114. The van der Waals surface area contributed by atoms with E-state index >= 15 is 0 Å². The van der Waals surface area contributed by atoms with E-state index in [1.807, 2.05) is 53.3 Å². The zero-order chi connectivity index (χ0) is 62.8. The van der Waals surface area contributed by atoms with Crippen molar-refractivity contribution >= 4 is 97.6 Å². The molecule has 0 saturated carbocycles. The molecule has 0 spiro atoms. The summed E-state index contributed by atoms with van der Waals surface area (Å²) in [6.07, 6.45) is -8.50. The normalized spacial score (nSPS) is 13.9. The third kappa shape index (κ3) is 22.7. The standard InChI is InChI=1S/C48H76N24O11S/c1-4-5-7-21-30(73)59-22-11-10-16-25(23-60-84(82,83)29-20-13-17-26-27(29)18-12-19-28(26)72(2)3)61-43(80)44(81)62-31(24-14-8-6-9-15-24)38(75)64-35(69-46(53)54)40(77)66-37(71-48(57)58)42(79)67-36(70-47(55)56)41(78)65-34(68-45(51)52)39(76)63-32(49)33(50)74/h6,8-9,12-15,17-20,25,31-32,34-37,43,60-61,80H,4-5,7,10-11,16,21-23,49H2,1-3H3,(H2,50,74)(H,59,73)(H,62,81)(H,63,76)(H,64,75)(H,65,78)(H,66,77)(H,67,79)(H4,51,52,68)(H4,53,54,69)(H4,55,56,70)(H4,57,58,71). The topological polar surface area (TPSA) is 602 Å². The Hall–Kier alpha value is -9.65. The molecule has 0 bridgehead atoms. The van der Waals surface area contributed by atoms with Crippen molar-refractivity contribution in [3.63, 3.8) is 0 Å². The number of aliphatic hydroxyl groups excluding tert-OH is 1. The van der Waals surface area contributed by atoms with Gasteiger partial charge in [-0.05, 0) is 37.0 Å². The zero-order valence-electron chi connectivity index (χ0n) is 46.2. The molecule has 0 fully saturated rings. The van der Waals surface area contributed by atoms with Crippen LogP contribution in [0.4, 0.5) is 5.69 Å². The highest BCUT2D eigenvalue weighted by Gasteiger charge is 2.35. The summed E-state index contributed by atoms with van der Waals surface area (Å²) in [5, 5.41) is 70.0. The molecule has 30 N–H and O–H groups in total. The van der Waals surface area contributed by atoms with Crippen LogP contribution in [0.25, 0.3) is 10.8 Å². The van der Waals surface area contributed by atoms with Crippen LogP contribution in [0.1, 0.15) is 63.5 Å². The Morgan fingerprint density at radius 1 is 0.571 bits per heavy atom. The molecular formula is C48H76N24O11S. The summed E-state index contributed by atoms with van der Waals surface area (Å²) in [6.45, 7) is 1.95. The number of amides is 8. The first-order valence-corrected chi connectivity index (χ1v) is 27.3. The van der Waals surface area contributed by atoms with Gasteiger partial charge in [0.05, 0.1) is 4.90 Å². The molecule has 0 aliphatic heterocycles. The van der Waals surface area contributed by atoms with E-state index in [1.54, 1.807) is 30.3 Å². The second-order valence-corrected chi connectivity index (χ2v) is 20.4. The number of nitrogens with one attached hydrogen (secondary N) is 17. The van der Waals surface area contributed by atoms with E-state index in [1.165, 1.54) is 30.3 Å². The number of hydrogen-bond donors (Lipinski definition) is 24. The van der Waals surface area contributed by atoms with Crippen LogP contribution >= 0.6 is 0 Å². The van der Waals surface area contributed by atoms with Gasteiger partial charge in [-0.25, -0.2) is 13.1 Å². The molecule has 0 aromatic heterocycles.